The molecule has 2 amide bonds. The van der Waals surface area contributed by atoms with Crippen LogP contribution in [0.1, 0.15) is 19.3 Å². The number of hydrogen-bond acceptors (Lipinski definition) is 4. The molecular formula is C11H16N2O4. The third-order valence-electron chi connectivity index (χ3n) is 3.33. The summed E-state index contributed by atoms with van der Waals surface area (Å²) >= 11 is 0. The molecule has 1 N–H and O–H groups in total. The van der Waals surface area contributed by atoms with Crippen molar-refractivity contribution < 1.29 is 19.1 Å². The zero-order valence-corrected chi connectivity index (χ0v) is 9.77. The number of nitrogens with one attached hydrogen (secondary N) is 1. The molecule has 0 radical (unpaired) electrons. The van der Waals surface area contributed by atoms with Gasteiger partial charge in [-0.3, -0.25) is 14.4 Å². The Morgan fingerprint density at radius 3 is 2.88 bits per heavy atom. The van der Waals surface area contributed by atoms with Crippen LogP contribution in [0.4, 0.5) is 0 Å². The van der Waals surface area contributed by atoms with Gasteiger partial charge in [0, 0.05) is 19.5 Å². The number of rotatable bonds is 2. The first-order valence-corrected chi connectivity index (χ1v) is 5.78. The van der Waals surface area contributed by atoms with Gasteiger partial charge in [-0.2, -0.15) is 0 Å². The number of carbonyl (C=O) groups is 3. The van der Waals surface area contributed by atoms with Gasteiger partial charge in [-0.05, 0) is 12.8 Å². The lowest BCUT2D eigenvalue weighted by Crippen LogP contribution is -2.51. The molecule has 0 aliphatic carbocycles. The zero-order chi connectivity index (χ0) is 12.4. The summed E-state index contributed by atoms with van der Waals surface area (Å²) in [5, 5.41) is 2.74. The largest absolute Gasteiger partial charge is 0.469 e. The molecule has 0 spiro atoms. The number of piperidine rings is 1. The number of ether oxygens (including phenoxy) is 1. The van der Waals surface area contributed by atoms with E-state index in [1.165, 1.54) is 12.0 Å². The van der Waals surface area contributed by atoms with Gasteiger partial charge in [0.25, 0.3) is 0 Å². The van der Waals surface area contributed by atoms with Gasteiger partial charge in [0.1, 0.15) is 6.04 Å². The smallest absolute Gasteiger partial charge is 0.310 e. The number of nitrogens with zero attached hydrogens (tertiary/aromatic N) is 1. The molecule has 6 heteroatoms. The highest BCUT2D eigenvalue weighted by Crippen LogP contribution is 2.24. The van der Waals surface area contributed by atoms with Crippen molar-refractivity contribution in [3.63, 3.8) is 0 Å². The maximum atomic E-state index is 11.8. The Balaban J connectivity index is 2.04. The maximum absolute atomic E-state index is 11.8. The van der Waals surface area contributed by atoms with Crippen molar-refractivity contribution in [1.29, 1.82) is 0 Å². The minimum Gasteiger partial charge on any atom is -0.469 e. The molecule has 0 aromatic heterocycles. The van der Waals surface area contributed by atoms with Crippen LogP contribution >= 0.6 is 0 Å². The molecular weight excluding hydrogens is 224 g/mol. The first-order valence-electron chi connectivity index (χ1n) is 5.78. The Morgan fingerprint density at radius 2 is 2.24 bits per heavy atom. The molecule has 2 saturated heterocycles. The normalized spacial score (nSPS) is 29.1. The summed E-state index contributed by atoms with van der Waals surface area (Å²) in [5.74, 6) is -1.06. The van der Waals surface area contributed by atoms with Crippen molar-refractivity contribution in [3.05, 3.63) is 0 Å². The fraction of sp³-hybridized carbons (Fsp3) is 0.727. The second kappa shape index (κ2) is 4.73. The summed E-state index contributed by atoms with van der Waals surface area (Å²) in [6.07, 6.45) is 1.69. The van der Waals surface area contributed by atoms with Crippen LogP contribution in [0.2, 0.25) is 0 Å². The van der Waals surface area contributed by atoms with Gasteiger partial charge < -0.3 is 15.0 Å². The SMILES string of the molecule is COC(=O)C1CC(=O)N(C2CCCNC2=O)C1. The summed E-state index contributed by atoms with van der Waals surface area (Å²) in [7, 11) is 1.31. The molecule has 2 heterocycles. The topological polar surface area (TPSA) is 75.7 Å². The van der Waals surface area contributed by atoms with Crippen LogP contribution in [-0.2, 0) is 19.1 Å². The summed E-state index contributed by atoms with van der Waals surface area (Å²) < 4.78 is 4.63. The molecule has 0 aromatic carbocycles. The Kier molecular flexibility index (Phi) is 3.31. The first kappa shape index (κ1) is 11.9. The van der Waals surface area contributed by atoms with E-state index in [0.717, 1.165) is 6.42 Å². The molecule has 17 heavy (non-hydrogen) atoms. The summed E-state index contributed by atoms with van der Waals surface area (Å²) in [6.45, 7) is 0.960. The predicted molar refractivity (Wildman–Crippen MR) is 57.9 cm³/mol. The van der Waals surface area contributed by atoms with Crippen LogP contribution in [-0.4, -0.2) is 48.9 Å². The van der Waals surface area contributed by atoms with E-state index in [4.69, 9.17) is 0 Å². The zero-order valence-electron chi connectivity index (χ0n) is 9.77. The highest BCUT2D eigenvalue weighted by Gasteiger charge is 2.41. The van der Waals surface area contributed by atoms with E-state index in [1.54, 1.807) is 0 Å². The van der Waals surface area contributed by atoms with Crippen LogP contribution in [0, 0.1) is 5.92 Å². The van der Waals surface area contributed by atoms with Gasteiger partial charge in [0.05, 0.1) is 13.0 Å². The Bertz CT molecular complexity index is 355. The van der Waals surface area contributed by atoms with Crippen molar-refractivity contribution in [1.82, 2.24) is 10.2 Å². The molecule has 6 nitrogen and oxygen atoms in total. The van der Waals surface area contributed by atoms with Crippen LogP contribution in [0.3, 0.4) is 0 Å². The third kappa shape index (κ3) is 2.25. The van der Waals surface area contributed by atoms with E-state index in [0.29, 0.717) is 19.5 Å². The van der Waals surface area contributed by atoms with Crippen LogP contribution in [0.5, 0.6) is 0 Å². The molecule has 0 aromatic rings. The van der Waals surface area contributed by atoms with Crippen molar-refractivity contribution in [2.75, 3.05) is 20.2 Å². The number of methoxy groups -OCH3 is 1. The first-order chi connectivity index (χ1) is 8.13. The Morgan fingerprint density at radius 1 is 1.47 bits per heavy atom. The highest BCUT2D eigenvalue weighted by molar-refractivity contribution is 5.92. The van der Waals surface area contributed by atoms with Crippen LogP contribution < -0.4 is 5.32 Å². The van der Waals surface area contributed by atoms with E-state index in [2.05, 4.69) is 10.1 Å². The molecule has 0 bridgehead atoms. The number of carbonyl (C=O) groups excluding carboxylic acids is 3. The van der Waals surface area contributed by atoms with Gasteiger partial charge in [-0.1, -0.05) is 0 Å². The van der Waals surface area contributed by atoms with E-state index >= 15 is 0 Å². The number of hydrogen-bond donors (Lipinski definition) is 1. The quantitative estimate of drug-likeness (QED) is 0.647. The minimum absolute atomic E-state index is 0.116. The maximum Gasteiger partial charge on any atom is 0.310 e. The van der Waals surface area contributed by atoms with Crippen LogP contribution in [0.15, 0.2) is 0 Å². The number of likely N-dealkylation sites (tertiary alicyclic amines) is 1. The van der Waals surface area contributed by atoms with Crippen molar-refractivity contribution >= 4 is 17.8 Å². The molecule has 2 atom stereocenters. The standard InChI is InChI=1S/C11H16N2O4/c1-17-11(16)7-5-9(14)13(6-7)8-3-2-4-12-10(8)15/h7-8H,2-6H2,1H3,(H,12,15). The van der Waals surface area contributed by atoms with E-state index in [-0.39, 0.29) is 24.2 Å². The Labute approximate surface area is 99.3 Å². The number of amides is 2. The van der Waals surface area contributed by atoms with E-state index in [1.807, 2.05) is 0 Å². The van der Waals surface area contributed by atoms with Crippen molar-refractivity contribution in [3.8, 4) is 0 Å². The van der Waals surface area contributed by atoms with Gasteiger partial charge in [0.15, 0.2) is 0 Å². The van der Waals surface area contributed by atoms with E-state index in [9.17, 15) is 14.4 Å². The summed E-state index contributed by atoms with van der Waals surface area (Å²) in [6, 6.07) is -0.411. The number of esters is 1. The predicted octanol–water partition coefficient (Wildman–Crippen LogP) is -0.713. The highest BCUT2D eigenvalue weighted by atomic mass is 16.5. The molecule has 2 rings (SSSR count). The second-order valence-electron chi connectivity index (χ2n) is 4.42. The second-order valence-corrected chi connectivity index (χ2v) is 4.42. The summed E-state index contributed by atoms with van der Waals surface area (Å²) in [5.41, 5.74) is 0. The van der Waals surface area contributed by atoms with Gasteiger partial charge in [-0.25, -0.2) is 0 Å². The minimum atomic E-state index is -0.428. The van der Waals surface area contributed by atoms with Gasteiger partial charge in [0.2, 0.25) is 11.8 Å². The fourth-order valence-corrected chi connectivity index (χ4v) is 2.41. The van der Waals surface area contributed by atoms with Crippen molar-refractivity contribution in [2.24, 2.45) is 5.92 Å². The molecule has 2 unspecified atom stereocenters. The molecule has 0 saturated carbocycles. The molecule has 94 valence electrons. The average Bonchev–Trinajstić information content (AvgIpc) is 2.71. The fourth-order valence-electron chi connectivity index (χ4n) is 2.41. The lowest BCUT2D eigenvalue weighted by atomic mass is 10.1. The lowest BCUT2D eigenvalue weighted by Gasteiger charge is -2.30. The monoisotopic (exact) mass is 240 g/mol. The average molecular weight is 240 g/mol. The van der Waals surface area contributed by atoms with Gasteiger partial charge in [-0.15, -0.1) is 0 Å². The van der Waals surface area contributed by atoms with Gasteiger partial charge >= 0.3 is 5.97 Å². The van der Waals surface area contributed by atoms with E-state index < -0.39 is 12.0 Å². The van der Waals surface area contributed by atoms with Crippen LogP contribution in [0.25, 0.3) is 0 Å². The molecule has 2 aliphatic rings. The molecule has 2 fully saturated rings. The van der Waals surface area contributed by atoms with Crippen molar-refractivity contribution in [2.45, 2.75) is 25.3 Å². The third-order valence-corrected chi connectivity index (χ3v) is 3.33. The molecule has 2 aliphatic heterocycles. The Hall–Kier alpha value is -1.59. The summed E-state index contributed by atoms with van der Waals surface area (Å²) in [4.78, 5) is 36.3. The lowest BCUT2D eigenvalue weighted by molar-refractivity contribution is -0.145.